The molecule has 0 radical (unpaired) electrons. The summed E-state index contributed by atoms with van der Waals surface area (Å²) in [6.45, 7) is 3.06. The van der Waals surface area contributed by atoms with Crippen molar-refractivity contribution in [1.82, 2.24) is 5.32 Å². The van der Waals surface area contributed by atoms with Crippen LogP contribution in [-0.2, 0) is 4.74 Å². The Morgan fingerprint density at radius 2 is 2.22 bits per heavy atom. The van der Waals surface area contributed by atoms with Gasteiger partial charge in [0.25, 0.3) is 0 Å². The molecule has 2 heterocycles. The van der Waals surface area contributed by atoms with Gasteiger partial charge in [0.2, 0.25) is 0 Å². The smallest absolute Gasteiger partial charge is 0.138 e. The third kappa shape index (κ3) is 1.19. The van der Waals surface area contributed by atoms with E-state index >= 15 is 0 Å². The van der Waals surface area contributed by atoms with Gasteiger partial charge in [-0.1, -0.05) is 0 Å². The molecule has 0 atom stereocenters. The summed E-state index contributed by atoms with van der Waals surface area (Å²) in [5.41, 5.74) is 0. The van der Waals surface area contributed by atoms with Crippen LogP contribution in [0.3, 0.4) is 0 Å². The van der Waals surface area contributed by atoms with Crippen molar-refractivity contribution in [2.45, 2.75) is 4.93 Å². The van der Waals surface area contributed by atoms with Crippen LogP contribution in [0.1, 0.15) is 0 Å². The highest BCUT2D eigenvalue weighted by molar-refractivity contribution is 8.00. The Bertz CT molecular complexity index is 99.1. The highest BCUT2D eigenvalue weighted by Crippen LogP contribution is 2.35. The van der Waals surface area contributed by atoms with Crippen LogP contribution in [0.4, 0.5) is 0 Å². The van der Waals surface area contributed by atoms with Gasteiger partial charge in [-0.25, -0.2) is 0 Å². The van der Waals surface area contributed by atoms with Gasteiger partial charge in [-0.05, 0) is 0 Å². The van der Waals surface area contributed by atoms with E-state index < -0.39 is 0 Å². The molecule has 1 N–H and O–H groups in total. The summed E-state index contributed by atoms with van der Waals surface area (Å²) in [7, 11) is 0. The largest absolute Gasteiger partial charge is 0.361 e. The molecule has 2 fully saturated rings. The highest BCUT2D eigenvalue weighted by Gasteiger charge is 2.41. The molecule has 0 aliphatic carbocycles. The summed E-state index contributed by atoms with van der Waals surface area (Å²) in [6.07, 6.45) is 0. The normalized spacial score (nSPS) is 29.3. The fraction of sp³-hybridized carbons (Fsp3) is 1.00. The summed E-state index contributed by atoms with van der Waals surface area (Å²) in [6, 6.07) is 0. The fourth-order valence-corrected chi connectivity index (χ4v) is 2.14. The maximum atomic E-state index is 5.48. The number of halogens is 1. The van der Waals surface area contributed by atoms with Crippen molar-refractivity contribution < 1.29 is 4.74 Å². The van der Waals surface area contributed by atoms with Crippen molar-refractivity contribution in [2.75, 3.05) is 25.4 Å². The second-order valence-corrected chi connectivity index (χ2v) is 3.65. The predicted molar refractivity (Wildman–Crippen MR) is 41.3 cm³/mol. The monoisotopic (exact) mass is 167 g/mol. The van der Waals surface area contributed by atoms with E-state index in [9.17, 15) is 0 Å². The summed E-state index contributed by atoms with van der Waals surface area (Å²) in [5, 5.41) is 3.20. The van der Waals surface area contributed by atoms with Crippen molar-refractivity contribution in [3.05, 3.63) is 0 Å². The number of hydrogen-bond donors (Lipinski definition) is 1. The molecule has 0 aromatic heterocycles. The zero-order valence-electron chi connectivity index (χ0n) is 5.05. The lowest BCUT2D eigenvalue weighted by atomic mass is 10.2. The molecule has 0 saturated carbocycles. The van der Waals surface area contributed by atoms with Crippen molar-refractivity contribution in [3.63, 3.8) is 0 Å². The number of nitrogens with one attached hydrogen (secondary N) is 1. The molecule has 2 saturated heterocycles. The third-order valence-corrected chi connectivity index (χ3v) is 2.91. The molecular formula is C5H10ClNOS. The van der Waals surface area contributed by atoms with Crippen molar-refractivity contribution in [1.29, 1.82) is 0 Å². The number of rotatable bonds is 0. The molecule has 2 nitrogen and oxygen atoms in total. The topological polar surface area (TPSA) is 21.3 Å². The molecule has 2 aliphatic rings. The van der Waals surface area contributed by atoms with Crippen LogP contribution in [0.5, 0.6) is 0 Å². The van der Waals surface area contributed by atoms with Gasteiger partial charge in [0.05, 0.1) is 6.61 Å². The molecule has 0 aromatic carbocycles. The molecule has 0 aromatic rings. The lowest BCUT2D eigenvalue weighted by molar-refractivity contribution is 0.0134. The molecule has 0 amide bonds. The second kappa shape index (κ2) is 2.66. The molecule has 54 valence electrons. The summed E-state index contributed by atoms with van der Waals surface area (Å²) < 4.78 is 5.48. The molecular weight excluding hydrogens is 158 g/mol. The van der Waals surface area contributed by atoms with E-state index in [1.54, 1.807) is 0 Å². The van der Waals surface area contributed by atoms with Crippen LogP contribution >= 0.6 is 24.2 Å². The van der Waals surface area contributed by atoms with Gasteiger partial charge >= 0.3 is 0 Å². The molecule has 9 heavy (non-hydrogen) atoms. The molecule has 2 aliphatic heterocycles. The lowest BCUT2D eigenvalue weighted by Gasteiger charge is -2.36. The number of hydrogen-bond acceptors (Lipinski definition) is 3. The van der Waals surface area contributed by atoms with Crippen LogP contribution < -0.4 is 5.32 Å². The van der Waals surface area contributed by atoms with E-state index in [2.05, 4.69) is 5.32 Å². The third-order valence-electron chi connectivity index (χ3n) is 1.60. The zero-order chi connectivity index (χ0) is 5.45. The predicted octanol–water partition coefficient (Wildman–Crippen LogP) is 0.471. The van der Waals surface area contributed by atoms with Gasteiger partial charge in [0.1, 0.15) is 4.93 Å². The Hall–Kier alpha value is 0.560. The molecule has 2 rings (SSSR count). The Morgan fingerprint density at radius 3 is 2.44 bits per heavy atom. The zero-order valence-corrected chi connectivity index (χ0v) is 6.69. The summed E-state index contributed by atoms with van der Waals surface area (Å²) in [5.74, 6) is 1.18. The Morgan fingerprint density at radius 1 is 1.44 bits per heavy atom. The SMILES string of the molecule is C1CSC2(CNC2)O1.Cl. The van der Waals surface area contributed by atoms with Crippen LogP contribution in [0.2, 0.25) is 0 Å². The van der Waals surface area contributed by atoms with Crippen LogP contribution in [0, 0.1) is 0 Å². The quantitative estimate of drug-likeness (QED) is 0.567. The van der Waals surface area contributed by atoms with Gasteiger partial charge in [0.15, 0.2) is 0 Å². The summed E-state index contributed by atoms with van der Waals surface area (Å²) in [4.78, 5) is 0.222. The van der Waals surface area contributed by atoms with E-state index in [0.717, 1.165) is 19.7 Å². The highest BCUT2D eigenvalue weighted by atomic mass is 35.5. The molecule has 4 heteroatoms. The Kier molecular flexibility index (Phi) is 2.27. The molecule has 0 bridgehead atoms. The van der Waals surface area contributed by atoms with Crippen LogP contribution in [-0.4, -0.2) is 30.4 Å². The molecule has 1 spiro atoms. The first kappa shape index (κ1) is 7.66. The first-order chi connectivity index (χ1) is 3.91. The average Bonchev–Trinajstić information content (AvgIpc) is 2.07. The standard InChI is InChI=1S/C5H9NOS.ClH/c1-2-8-5(7-1)3-6-4-5;/h6H,1-4H2;1H. The lowest BCUT2D eigenvalue weighted by Crippen LogP contribution is -2.56. The van der Waals surface area contributed by atoms with Crippen LogP contribution in [0.25, 0.3) is 0 Å². The molecule has 0 unspecified atom stereocenters. The van der Waals surface area contributed by atoms with Crippen molar-refractivity contribution >= 4 is 24.2 Å². The van der Waals surface area contributed by atoms with Crippen LogP contribution in [0.15, 0.2) is 0 Å². The first-order valence-corrected chi connectivity index (χ1v) is 3.89. The van der Waals surface area contributed by atoms with E-state index in [0.29, 0.717) is 0 Å². The van der Waals surface area contributed by atoms with Crippen molar-refractivity contribution in [3.8, 4) is 0 Å². The van der Waals surface area contributed by atoms with Crippen molar-refractivity contribution in [2.24, 2.45) is 0 Å². The number of thioether (sulfide) groups is 1. The summed E-state index contributed by atoms with van der Waals surface area (Å²) >= 11 is 1.95. The van der Waals surface area contributed by atoms with E-state index in [1.807, 2.05) is 11.8 Å². The van der Waals surface area contributed by atoms with E-state index in [4.69, 9.17) is 4.74 Å². The Balaban J connectivity index is 0.000000405. The maximum Gasteiger partial charge on any atom is 0.138 e. The van der Waals surface area contributed by atoms with Gasteiger partial charge in [-0.15, -0.1) is 24.2 Å². The van der Waals surface area contributed by atoms with E-state index in [-0.39, 0.29) is 17.3 Å². The van der Waals surface area contributed by atoms with E-state index in [1.165, 1.54) is 5.75 Å². The minimum atomic E-state index is 0. The second-order valence-electron chi connectivity index (χ2n) is 2.21. The van der Waals surface area contributed by atoms with Gasteiger partial charge in [-0.2, -0.15) is 0 Å². The first-order valence-electron chi connectivity index (χ1n) is 2.90. The Labute approximate surface area is 65.1 Å². The number of ether oxygens (including phenoxy) is 1. The minimum Gasteiger partial charge on any atom is -0.361 e. The van der Waals surface area contributed by atoms with Gasteiger partial charge in [-0.3, -0.25) is 0 Å². The van der Waals surface area contributed by atoms with Gasteiger partial charge < -0.3 is 10.1 Å². The van der Waals surface area contributed by atoms with Gasteiger partial charge in [0, 0.05) is 18.8 Å². The minimum absolute atomic E-state index is 0. The average molecular weight is 168 g/mol. The maximum absolute atomic E-state index is 5.48. The fourth-order valence-electron chi connectivity index (χ4n) is 1.03.